The second kappa shape index (κ2) is 5.13. The first-order valence-electron chi connectivity index (χ1n) is 6.87. The van der Waals surface area contributed by atoms with Gasteiger partial charge in [-0.15, -0.1) is 0 Å². The van der Waals surface area contributed by atoms with Gasteiger partial charge in [0.15, 0.2) is 0 Å². The van der Waals surface area contributed by atoms with Crippen LogP contribution in [0.5, 0.6) is 0 Å². The summed E-state index contributed by atoms with van der Waals surface area (Å²) >= 11 is 0. The van der Waals surface area contributed by atoms with Crippen molar-refractivity contribution in [1.82, 2.24) is 14.7 Å². The second-order valence-electron chi connectivity index (χ2n) is 5.12. The van der Waals surface area contributed by atoms with Crippen LogP contribution in [0.1, 0.15) is 35.9 Å². The topological polar surface area (TPSA) is 42.5 Å². The number of aromatic nitrogens is 2. The number of hydrogen-bond donors (Lipinski definition) is 1. The number of hydrogen-bond acceptors (Lipinski definition) is 3. The summed E-state index contributed by atoms with van der Waals surface area (Å²) in [6, 6.07) is 10.2. The summed E-state index contributed by atoms with van der Waals surface area (Å²) in [6.45, 7) is 6.88. The molecule has 0 saturated carbocycles. The summed E-state index contributed by atoms with van der Waals surface area (Å²) in [4.78, 5) is 4.57. The Morgan fingerprint density at radius 3 is 2.85 bits per heavy atom. The van der Waals surface area contributed by atoms with Gasteiger partial charge in [-0.2, -0.15) is 0 Å². The lowest BCUT2D eigenvalue weighted by molar-refractivity contribution is 0.414. The van der Waals surface area contributed by atoms with Gasteiger partial charge in [-0.3, -0.25) is 0 Å². The zero-order valence-electron chi connectivity index (χ0n) is 12.1. The van der Waals surface area contributed by atoms with E-state index < -0.39 is 0 Å². The Kier molecular flexibility index (Phi) is 3.32. The third-order valence-corrected chi connectivity index (χ3v) is 3.59. The fourth-order valence-electron chi connectivity index (χ4n) is 2.41. The Morgan fingerprint density at radius 1 is 1.25 bits per heavy atom. The molecular weight excluding hydrogens is 250 g/mol. The zero-order valence-corrected chi connectivity index (χ0v) is 12.1. The number of nitrogens with one attached hydrogen (secondary N) is 1. The molecule has 4 nitrogen and oxygen atoms in total. The number of furan rings is 1. The van der Waals surface area contributed by atoms with Gasteiger partial charge in [0.25, 0.3) is 0 Å². The minimum Gasteiger partial charge on any atom is -0.465 e. The third-order valence-electron chi connectivity index (χ3n) is 3.59. The van der Waals surface area contributed by atoms with Crippen molar-refractivity contribution in [3.05, 3.63) is 59.4 Å². The highest BCUT2D eigenvalue weighted by molar-refractivity contribution is 5.42. The molecule has 0 amide bonds. The third kappa shape index (κ3) is 2.34. The monoisotopic (exact) mass is 269 g/mol. The number of rotatable bonds is 4. The Labute approximate surface area is 118 Å². The number of nitrogens with zero attached hydrogens (tertiary/aromatic N) is 2. The van der Waals surface area contributed by atoms with Crippen LogP contribution in [0.25, 0.3) is 5.65 Å². The van der Waals surface area contributed by atoms with Gasteiger partial charge >= 0.3 is 0 Å². The van der Waals surface area contributed by atoms with Crippen LogP contribution in [-0.4, -0.2) is 9.38 Å². The van der Waals surface area contributed by atoms with Gasteiger partial charge in [0.2, 0.25) is 0 Å². The number of fused-ring (bicyclic) bond motifs is 1. The Hall–Kier alpha value is -2.07. The Bertz CT molecular complexity index is 726. The highest BCUT2D eigenvalue weighted by Gasteiger charge is 2.12. The van der Waals surface area contributed by atoms with Crippen molar-refractivity contribution in [1.29, 1.82) is 0 Å². The van der Waals surface area contributed by atoms with Gasteiger partial charge in [0, 0.05) is 12.7 Å². The predicted molar refractivity (Wildman–Crippen MR) is 78.6 cm³/mol. The molecule has 20 heavy (non-hydrogen) atoms. The van der Waals surface area contributed by atoms with E-state index in [9.17, 15) is 0 Å². The van der Waals surface area contributed by atoms with E-state index in [-0.39, 0.29) is 6.04 Å². The number of pyridine rings is 1. The minimum atomic E-state index is 0.178. The molecule has 3 aromatic rings. The lowest BCUT2D eigenvalue weighted by Gasteiger charge is -2.11. The molecule has 0 aromatic carbocycles. The van der Waals surface area contributed by atoms with Gasteiger partial charge in [-0.05, 0) is 45.0 Å². The summed E-state index contributed by atoms with van der Waals surface area (Å²) in [5.41, 5.74) is 3.24. The molecule has 3 rings (SSSR count). The van der Waals surface area contributed by atoms with Crippen LogP contribution in [0.4, 0.5) is 0 Å². The first-order chi connectivity index (χ1) is 9.65. The van der Waals surface area contributed by atoms with Crippen molar-refractivity contribution in [3.63, 3.8) is 0 Å². The van der Waals surface area contributed by atoms with Crippen LogP contribution in [0, 0.1) is 13.8 Å². The number of imidazole rings is 1. The van der Waals surface area contributed by atoms with Gasteiger partial charge in [0.1, 0.15) is 17.2 Å². The molecule has 0 fully saturated rings. The van der Waals surface area contributed by atoms with Crippen molar-refractivity contribution < 1.29 is 4.42 Å². The fraction of sp³-hybridized carbons (Fsp3) is 0.312. The molecular formula is C16H19N3O. The number of aryl methyl sites for hydroxylation is 2. The van der Waals surface area contributed by atoms with E-state index in [1.807, 2.05) is 50.4 Å². The van der Waals surface area contributed by atoms with E-state index in [0.29, 0.717) is 0 Å². The molecule has 0 aliphatic rings. The molecule has 0 radical (unpaired) electrons. The van der Waals surface area contributed by atoms with Crippen LogP contribution in [-0.2, 0) is 6.54 Å². The molecule has 0 aliphatic heterocycles. The lowest BCUT2D eigenvalue weighted by atomic mass is 10.2. The maximum atomic E-state index is 5.65. The fourth-order valence-corrected chi connectivity index (χ4v) is 2.41. The normalized spacial score (nSPS) is 12.9. The van der Waals surface area contributed by atoms with Gasteiger partial charge < -0.3 is 14.1 Å². The molecule has 0 saturated heterocycles. The highest BCUT2D eigenvalue weighted by atomic mass is 16.3. The van der Waals surface area contributed by atoms with E-state index in [1.54, 1.807) is 0 Å². The molecule has 1 atom stereocenters. The molecule has 0 spiro atoms. The molecule has 1 unspecified atom stereocenters. The van der Waals surface area contributed by atoms with Crippen LogP contribution < -0.4 is 5.32 Å². The van der Waals surface area contributed by atoms with Crippen molar-refractivity contribution >= 4 is 5.65 Å². The van der Waals surface area contributed by atoms with Crippen LogP contribution in [0.15, 0.2) is 40.9 Å². The Morgan fingerprint density at radius 2 is 2.10 bits per heavy atom. The van der Waals surface area contributed by atoms with Gasteiger partial charge in [-0.1, -0.05) is 6.07 Å². The zero-order chi connectivity index (χ0) is 14.1. The summed E-state index contributed by atoms with van der Waals surface area (Å²) in [5, 5.41) is 3.49. The highest BCUT2D eigenvalue weighted by Crippen LogP contribution is 2.17. The molecule has 104 valence electrons. The standard InChI is InChI=1S/C16H19N3O/c1-11-7-8-15(20-11)13(3)17-10-14-12(2)18-16-6-4-5-9-19(14)16/h4-9,13,17H,10H2,1-3H3. The maximum Gasteiger partial charge on any atom is 0.137 e. The van der Waals surface area contributed by atoms with E-state index in [4.69, 9.17) is 4.42 Å². The van der Waals surface area contributed by atoms with E-state index in [2.05, 4.69) is 21.6 Å². The quantitative estimate of drug-likeness (QED) is 0.789. The summed E-state index contributed by atoms with van der Waals surface area (Å²) < 4.78 is 7.78. The van der Waals surface area contributed by atoms with Crippen molar-refractivity contribution in [2.24, 2.45) is 0 Å². The summed E-state index contributed by atoms with van der Waals surface area (Å²) in [5.74, 6) is 1.91. The predicted octanol–water partition coefficient (Wildman–Crippen LogP) is 3.39. The van der Waals surface area contributed by atoms with Crippen molar-refractivity contribution in [2.45, 2.75) is 33.4 Å². The molecule has 3 heterocycles. The van der Waals surface area contributed by atoms with Gasteiger partial charge in [0.05, 0.1) is 17.4 Å². The molecule has 0 bridgehead atoms. The molecule has 0 aliphatic carbocycles. The van der Waals surface area contributed by atoms with E-state index in [0.717, 1.165) is 29.4 Å². The minimum absolute atomic E-state index is 0.178. The smallest absolute Gasteiger partial charge is 0.137 e. The first-order valence-corrected chi connectivity index (χ1v) is 6.87. The van der Waals surface area contributed by atoms with E-state index >= 15 is 0 Å². The van der Waals surface area contributed by atoms with Crippen LogP contribution in [0.3, 0.4) is 0 Å². The maximum absolute atomic E-state index is 5.65. The van der Waals surface area contributed by atoms with Crippen molar-refractivity contribution in [2.75, 3.05) is 0 Å². The van der Waals surface area contributed by atoms with Crippen LogP contribution >= 0.6 is 0 Å². The Balaban J connectivity index is 1.78. The van der Waals surface area contributed by atoms with Crippen molar-refractivity contribution in [3.8, 4) is 0 Å². The lowest BCUT2D eigenvalue weighted by Crippen LogP contribution is -2.19. The van der Waals surface area contributed by atoms with Gasteiger partial charge in [-0.25, -0.2) is 4.98 Å². The first kappa shape index (κ1) is 12.9. The van der Waals surface area contributed by atoms with E-state index in [1.165, 1.54) is 5.69 Å². The molecule has 1 N–H and O–H groups in total. The molecule has 4 heteroatoms. The van der Waals surface area contributed by atoms with Crippen LogP contribution in [0.2, 0.25) is 0 Å². The largest absolute Gasteiger partial charge is 0.465 e. The molecule has 3 aromatic heterocycles. The second-order valence-corrected chi connectivity index (χ2v) is 5.12. The average Bonchev–Trinajstić information content (AvgIpc) is 2.99. The SMILES string of the molecule is Cc1ccc(C(C)NCc2c(C)nc3ccccn23)o1. The summed E-state index contributed by atoms with van der Waals surface area (Å²) in [6.07, 6.45) is 2.05. The summed E-state index contributed by atoms with van der Waals surface area (Å²) in [7, 11) is 0. The average molecular weight is 269 g/mol.